The van der Waals surface area contributed by atoms with Gasteiger partial charge in [0.1, 0.15) is 11.8 Å². The van der Waals surface area contributed by atoms with Gasteiger partial charge in [0.05, 0.1) is 24.9 Å². The highest BCUT2D eigenvalue weighted by molar-refractivity contribution is 5.93. The number of amides is 1. The van der Waals surface area contributed by atoms with Crippen molar-refractivity contribution in [3.05, 3.63) is 59.7 Å². The predicted octanol–water partition coefficient (Wildman–Crippen LogP) is 2.34. The molecule has 0 heterocycles. The van der Waals surface area contributed by atoms with Gasteiger partial charge in [-0.15, -0.1) is 0 Å². The Balaban J connectivity index is 1.73. The maximum Gasteiger partial charge on any atom is 0.238 e. The van der Waals surface area contributed by atoms with E-state index >= 15 is 0 Å². The molecule has 0 saturated carbocycles. The van der Waals surface area contributed by atoms with Gasteiger partial charge in [-0.25, -0.2) is 0 Å². The monoisotopic (exact) mass is 309 g/mol. The lowest BCUT2D eigenvalue weighted by Gasteiger charge is -2.08. The maximum absolute atomic E-state index is 11.9. The van der Waals surface area contributed by atoms with Crippen LogP contribution >= 0.6 is 0 Å². The first-order valence-corrected chi connectivity index (χ1v) is 7.35. The standard InChI is InChI=1S/C18H19N3O2/c1-23-16-8-6-14(7-9-16)10-11-20-13-18(22)21-17-5-3-2-4-15(17)12-19/h2-9,20H,10-11,13H2,1H3,(H,21,22). The van der Waals surface area contributed by atoms with Crippen molar-refractivity contribution in [3.8, 4) is 11.8 Å². The summed E-state index contributed by atoms with van der Waals surface area (Å²) in [6.45, 7) is 0.898. The van der Waals surface area contributed by atoms with E-state index in [9.17, 15) is 4.79 Å². The molecule has 0 aliphatic heterocycles. The summed E-state index contributed by atoms with van der Waals surface area (Å²) in [5.41, 5.74) is 2.17. The first-order chi connectivity index (χ1) is 11.2. The van der Waals surface area contributed by atoms with Crippen LogP contribution in [-0.4, -0.2) is 26.1 Å². The number of carbonyl (C=O) groups excluding carboxylic acids is 1. The van der Waals surface area contributed by atoms with E-state index in [0.717, 1.165) is 12.2 Å². The number of hydrogen-bond donors (Lipinski definition) is 2. The summed E-state index contributed by atoms with van der Waals surface area (Å²) in [4.78, 5) is 11.9. The van der Waals surface area contributed by atoms with E-state index in [0.29, 0.717) is 17.8 Å². The molecule has 0 fully saturated rings. The normalized spacial score (nSPS) is 9.91. The van der Waals surface area contributed by atoms with Crippen molar-refractivity contribution in [2.45, 2.75) is 6.42 Å². The Hall–Kier alpha value is -2.84. The molecule has 0 aliphatic rings. The molecule has 23 heavy (non-hydrogen) atoms. The number of methoxy groups -OCH3 is 1. The molecular formula is C18H19N3O2. The zero-order chi connectivity index (χ0) is 16.5. The second kappa shape index (κ2) is 8.57. The van der Waals surface area contributed by atoms with Gasteiger partial charge in [-0.2, -0.15) is 5.26 Å². The number of hydrogen-bond acceptors (Lipinski definition) is 4. The Labute approximate surface area is 135 Å². The lowest BCUT2D eigenvalue weighted by atomic mass is 10.1. The molecule has 118 valence electrons. The lowest BCUT2D eigenvalue weighted by Crippen LogP contribution is -2.29. The van der Waals surface area contributed by atoms with Crippen LogP contribution in [0.2, 0.25) is 0 Å². The van der Waals surface area contributed by atoms with Gasteiger partial charge in [0.15, 0.2) is 0 Å². The van der Waals surface area contributed by atoms with E-state index in [1.165, 1.54) is 5.56 Å². The molecule has 0 unspecified atom stereocenters. The Kier molecular flexibility index (Phi) is 6.16. The van der Waals surface area contributed by atoms with Crippen LogP contribution in [0.3, 0.4) is 0 Å². The Morgan fingerprint density at radius 2 is 1.91 bits per heavy atom. The fourth-order valence-electron chi connectivity index (χ4n) is 2.11. The molecule has 0 aliphatic carbocycles. The van der Waals surface area contributed by atoms with Gasteiger partial charge in [0.2, 0.25) is 5.91 Å². The smallest absolute Gasteiger partial charge is 0.238 e. The van der Waals surface area contributed by atoms with Gasteiger partial charge in [-0.1, -0.05) is 24.3 Å². The number of para-hydroxylation sites is 1. The molecule has 2 aromatic carbocycles. The van der Waals surface area contributed by atoms with Crippen LogP contribution < -0.4 is 15.4 Å². The average molecular weight is 309 g/mol. The molecule has 2 N–H and O–H groups in total. The molecule has 0 saturated heterocycles. The second-order valence-corrected chi connectivity index (χ2v) is 4.98. The highest BCUT2D eigenvalue weighted by atomic mass is 16.5. The zero-order valence-electron chi connectivity index (χ0n) is 13.0. The fourth-order valence-corrected chi connectivity index (χ4v) is 2.11. The third kappa shape index (κ3) is 5.13. The minimum atomic E-state index is -0.164. The number of ether oxygens (including phenoxy) is 1. The van der Waals surface area contributed by atoms with Gasteiger partial charge in [0.25, 0.3) is 0 Å². The highest BCUT2D eigenvalue weighted by Gasteiger charge is 2.05. The minimum absolute atomic E-state index is 0.164. The van der Waals surface area contributed by atoms with Gasteiger partial charge in [-0.05, 0) is 42.8 Å². The van der Waals surface area contributed by atoms with Crippen molar-refractivity contribution in [3.63, 3.8) is 0 Å². The van der Waals surface area contributed by atoms with E-state index in [-0.39, 0.29) is 12.5 Å². The van der Waals surface area contributed by atoms with Crippen molar-refractivity contribution in [1.82, 2.24) is 5.32 Å². The van der Waals surface area contributed by atoms with Crippen molar-refractivity contribution < 1.29 is 9.53 Å². The second-order valence-electron chi connectivity index (χ2n) is 4.98. The Morgan fingerprint density at radius 1 is 1.17 bits per heavy atom. The van der Waals surface area contributed by atoms with E-state index in [1.54, 1.807) is 31.4 Å². The quantitative estimate of drug-likeness (QED) is 0.770. The molecule has 0 bridgehead atoms. The fraction of sp³-hybridized carbons (Fsp3) is 0.222. The van der Waals surface area contributed by atoms with Gasteiger partial charge in [-0.3, -0.25) is 4.79 Å². The summed E-state index contributed by atoms with van der Waals surface area (Å²) in [5.74, 6) is 0.666. The van der Waals surface area contributed by atoms with Crippen molar-refractivity contribution >= 4 is 11.6 Å². The number of nitriles is 1. The van der Waals surface area contributed by atoms with Crippen molar-refractivity contribution in [2.24, 2.45) is 0 Å². The van der Waals surface area contributed by atoms with Crippen LogP contribution in [0.4, 0.5) is 5.69 Å². The molecule has 1 amide bonds. The summed E-state index contributed by atoms with van der Waals surface area (Å²) < 4.78 is 5.11. The van der Waals surface area contributed by atoms with Crippen LogP contribution in [0.15, 0.2) is 48.5 Å². The number of nitrogens with one attached hydrogen (secondary N) is 2. The van der Waals surface area contributed by atoms with Crippen LogP contribution in [0, 0.1) is 11.3 Å². The minimum Gasteiger partial charge on any atom is -0.497 e. The third-order valence-corrected chi connectivity index (χ3v) is 3.36. The Bertz CT molecular complexity index is 690. The van der Waals surface area contributed by atoms with Crippen LogP contribution in [0.5, 0.6) is 5.75 Å². The molecule has 5 heteroatoms. The summed E-state index contributed by atoms with van der Waals surface area (Å²) in [6.07, 6.45) is 0.825. The molecule has 0 aromatic heterocycles. The van der Waals surface area contributed by atoms with E-state index in [2.05, 4.69) is 16.7 Å². The molecular weight excluding hydrogens is 290 g/mol. The predicted molar refractivity (Wildman–Crippen MR) is 89.4 cm³/mol. The van der Waals surface area contributed by atoms with Crippen molar-refractivity contribution in [1.29, 1.82) is 5.26 Å². The summed E-state index contributed by atoms with van der Waals surface area (Å²) >= 11 is 0. The summed E-state index contributed by atoms with van der Waals surface area (Å²) in [6, 6.07) is 16.8. The van der Waals surface area contributed by atoms with Crippen LogP contribution in [-0.2, 0) is 11.2 Å². The first-order valence-electron chi connectivity index (χ1n) is 7.35. The van der Waals surface area contributed by atoms with Gasteiger partial charge >= 0.3 is 0 Å². The maximum atomic E-state index is 11.9. The molecule has 5 nitrogen and oxygen atoms in total. The number of rotatable bonds is 7. The molecule has 0 radical (unpaired) electrons. The number of benzene rings is 2. The molecule has 2 rings (SSSR count). The van der Waals surface area contributed by atoms with Crippen LogP contribution in [0.25, 0.3) is 0 Å². The highest BCUT2D eigenvalue weighted by Crippen LogP contribution is 2.13. The first kappa shape index (κ1) is 16.5. The van der Waals surface area contributed by atoms with Gasteiger partial charge in [0, 0.05) is 0 Å². The summed E-state index contributed by atoms with van der Waals surface area (Å²) in [5, 5.41) is 14.8. The lowest BCUT2D eigenvalue weighted by molar-refractivity contribution is -0.115. The molecule has 0 spiro atoms. The third-order valence-electron chi connectivity index (χ3n) is 3.36. The van der Waals surface area contributed by atoms with E-state index < -0.39 is 0 Å². The number of anilines is 1. The van der Waals surface area contributed by atoms with Crippen molar-refractivity contribution in [2.75, 3.05) is 25.5 Å². The van der Waals surface area contributed by atoms with E-state index in [4.69, 9.17) is 10.00 Å². The van der Waals surface area contributed by atoms with Crippen LogP contribution in [0.1, 0.15) is 11.1 Å². The van der Waals surface area contributed by atoms with Gasteiger partial charge < -0.3 is 15.4 Å². The van der Waals surface area contributed by atoms with E-state index in [1.807, 2.05) is 24.3 Å². The summed E-state index contributed by atoms with van der Waals surface area (Å²) in [7, 11) is 1.64. The molecule has 2 aromatic rings. The number of nitrogens with zero attached hydrogens (tertiary/aromatic N) is 1. The average Bonchev–Trinajstić information content (AvgIpc) is 2.59. The number of carbonyl (C=O) groups is 1. The zero-order valence-corrected chi connectivity index (χ0v) is 13.0. The SMILES string of the molecule is COc1ccc(CCNCC(=O)Nc2ccccc2C#N)cc1. The Morgan fingerprint density at radius 3 is 2.61 bits per heavy atom. The largest absolute Gasteiger partial charge is 0.497 e. The topological polar surface area (TPSA) is 74.2 Å². The molecule has 0 atom stereocenters.